The quantitative estimate of drug-likeness (QED) is 0.167. The summed E-state index contributed by atoms with van der Waals surface area (Å²) >= 11 is 0. The summed E-state index contributed by atoms with van der Waals surface area (Å²) in [6, 6.07) is 72.2. The van der Waals surface area contributed by atoms with Gasteiger partial charge in [0.25, 0.3) is 0 Å². The Hall–Kier alpha value is -8.65. The maximum atomic E-state index is 10.1. The highest BCUT2D eigenvalue weighted by molar-refractivity contribution is 6.31. The van der Waals surface area contributed by atoms with Crippen molar-refractivity contribution in [1.29, 1.82) is 5.26 Å². The molecule has 290 valence electrons. The molecule has 0 radical (unpaired) electrons. The summed E-state index contributed by atoms with van der Waals surface area (Å²) in [6.07, 6.45) is 3.73. The van der Waals surface area contributed by atoms with Crippen LogP contribution in [0, 0.1) is 11.3 Å². The maximum Gasteiger partial charge on any atom is 0.145 e. The van der Waals surface area contributed by atoms with Gasteiger partial charge in [-0.25, -0.2) is 4.98 Å². The van der Waals surface area contributed by atoms with Crippen LogP contribution in [0.1, 0.15) is 5.56 Å². The number of hydrogen-bond acceptors (Lipinski definition) is 3. The van der Waals surface area contributed by atoms with Gasteiger partial charge >= 0.3 is 0 Å². The van der Waals surface area contributed by atoms with Gasteiger partial charge in [-0.1, -0.05) is 140 Å². The topological polar surface area (TPSA) is 54.5 Å². The fourth-order valence-electron chi connectivity index (χ4n) is 10.4. The number of fused-ring (bicyclic) bond motifs is 9. The van der Waals surface area contributed by atoms with E-state index in [4.69, 9.17) is 9.97 Å². The first kappa shape index (κ1) is 35.1. The van der Waals surface area contributed by atoms with Crippen molar-refractivity contribution >= 4 is 86.6 Å². The van der Waals surface area contributed by atoms with Crippen molar-refractivity contribution in [3.63, 3.8) is 0 Å². The number of nitriles is 1. The summed E-state index contributed by atoms with van der Waals surface area (Å²) in [5.74, 6) is 0. The summed E-state index contributed by atoms with van der Waals surface area (Å²) in [7, 11) is 0. The van der Waals surface area contributed by atoms with Gasteiger partial charge in [0.2, 0.25) is 0 Å². The van der Waals surface area contributed by atoms with Gasteiger partial charge in [-0.15, -0.1) is 0 Å². The summed E-state index contributed by atoms with van der Waals surface area (Å²) in [6.45, 7) is 0. The predicted molar refractivity (Wildman–Crippen MR) is 262 cm³/mol. The van der Waals surface area contributed by atoms with Crippen LogP contribution in [-0.2, 0) is 0 Å². The average Bonchev–Trinajstić information content (AvgIpc) is 3.69. The minimum atomic E-state index is 0.628. The Kier molecular flexibility index (Phi) is 7.63. The molecule has 0 spiro atoms. The highest BCUT2D eigenvalue weighted by Crippen LogP contribution is 2.50. The van der Waals surface area contributed by atoms with Crippen molar-refractivity contribution in [2.45, 2.75) is 0 Å². The van der Waals surface area contributed by atoms with E-state index in [0.717, 1.165) is 38.9 Å². The second-order valence-corrected chi connectivity index (χ2v) is 16.4. The lowest BCUT2D eigenvalue weighted by Gasteiger charge is -2.22. The van der Waals surface area contributed by atoms with Gasteiger partial charge in [-0.2, -0.15) is 5.26 Å². The molecule has 0 bridgehead atoms. The number of pyridine rings is 2. The molecule has 3 aromatic heterocycles. The number of hydrogen-bond donors (Lipinski definition) is 0. The molecule has 4 nitrogen and oxygen atoms in total. The minimum Gasteiger partial charge on any atom is -0.292 e. The van der Waals surface area contributed by atoms with Crippen LogP contribution < -0.4 is 0 Å². The Balaban J connectivity index is 1.13. The van der Waals surface area contributed by atoms with Crippen molar-refractivity contribution < 1.29 is 0 Å². The zero-order valence-corrected chi connectivity index (χ0v) is 33.9. The van der Waals surface area contributed by atoms with E-state index in [1.54, 1.807) is 6.20 Å². The standard InChI is InChI=1S/C59H34N4/c60-34-41-17-11-25-53-54(41)50-24-12-30-61-59(50)63(53)42-27-29-52(62-35-42)40-26-28-49-51(33-40)58(56-45-20-7-3-15-38(45)32-39-16-4-8-21-46(39)56)48-23-10-9-22-47(48)57(49)55-43-18-5-1-13-36(43)31-37-14-2-6-19-44(37)55/h1-33,35H. The van der Waals surface area contributed by atoms with Crippen LogP contribution >= 0.6 is 0 Å². The molecule has 10 aromatic carbocycles. The Morgan fingerprint density at radius 1 is 0.397 bits per heavy atom. The first-order chi connectivity index (χ1) is 31.2. The fourth-order valence-corrected chi connectivity index (χ4v) is 10.4. The lowest BCUT2D eigenvalue weighted by Crippen LogP contribution is -1.97. The van der Waals surface area contributed by atoms with Crippen LogP contribution in [0.5, 0.6) is 0 Å². The third-order valence-corrected chi connectivity index (χ3v) is 13.0. The Bertz CT molecular complexity index is 3990. The van der Waals surface area contributed by atoms with Crippen LogP contribution in [0.3, 0.4) is 0 Å². The highest BCUT2D eigenvalue weighted by atomic mass is 15.1. The molecule has 0 amide bonds. The smallest absolute Gasteiger partial charge is 0.145 e. The first-order valence-corrected chi connectivity index (χ1v) is 21.3. The molecule has 0 aliphatic carbocycles. The Morgan fingerprint density at radius 2 is 0.905 bits per heavy atom. The largest absolute Gasteiger partial charge is 0.292 e. The van der Waals surface area contributed by atoms with E-state index in [1.165, 1.54) is 86.9 Å². The number of nitrogens with zero attached hydrogens (tertiary/aromatic N) is 4. The van der Waals surface area contributed by atoms with Gasteiger partial charge in [0.15, 0.2) is 0 Å². The fraction of sp³-hybridized carbons (Fsp3) is 0. The van der Waals surface area contributed by atoms with Crippen molar-refractivity contribution in [3.8, 4) is 45.3 Å². The van der Waals surface area contributed by atoms with E-state index in [9.17, 15) is 5.26 Å². The molecular formula is C59H34N4. The summed E-state index contributed by atoms with van der Waals surface area (Å²) in [5.41, 5.74) is 10.0. The average molecular weight is 799 g/mol. The molecule has 0 saturated heterocycles. The van der Waals surface area contributed by atoms with Gasteiger partial charge < -0.3 is 0 Å². The molecule has 0 saturated carbocycles. The van der Waals surface area contributed by atoms with E-state index in [0.29, 0.717) is 5.56 Å². The number of benzene rings is 10. The highest BCUT2D eigenvalue weighted by Gasteiger charge is 2.23. The van der Waals surface area contributed by atoms with Crippen molar-refractivity contribution in [3.05, 3.63) is 212 Å². The van der Waals surface area contributed by atoms with Crippen LogP contribution in [0.25, 0.3) is 126 Å². The third-order valence-electron chi connectivity index (χ3n) is 13.0. The molecule has 0 unspecified atom stereocenters. The molecular weight excluding hydrogens is 765 g/mol. The van der Waals surface area contributed by atoms with E-state index >= 15 is 0 Å². The van der Waals surface area contributed by atoms with Crippen molar-refractivity contribution in [2.75, 3.05) is 0 Å². The maximum absolute atomic E-state index is 10.1. The summed E-state index contributed by atoms with van der Waals surface area (Å²) in [5, 5.41) is 26.4. The number of rotatable bonds is 4. The van der Waals surface area contributed by atoms with E-state index in [-0.39, 0.29) is 0 Å². The van der Waals surface area contributed by atoms with Crippen molar-refractivity contribution in [2.24, 2.45) is 0 Å². The molecule has 0 aliphatic heterocycles. The zero-order chi connectivity index (χ0) is 41.6. The van der Waals surface area contributed by atoms with Gasteiger partial charge in [-0.3, -0.25) is 9.55 Å². The van der Waals surface area contributed by atoms with Crippen LogP contribution in [0.15, 0.2) is 207 Å². The van der Waals surface area contributed by atoms with E-state index in [2.05, 4.69) is 180 Å². The number of aromatic nitrogens is 3. The Labute approximate surface area is 362 Å². The van der Waals surface area contributed by atoms with Gasteiger partial charge in [0.05, 0.1) is 34.7 Å². The van der Waals surface area contributed by atoms with E-state index < -0.39 is 0 Å². The zero-order valence-electron chi connectivity index (χ0n) is 33.9. The summed E-state index contributed by atoms with van der Waals surface area (Å²) < 4.78 is 2.11. The van der Waals surface area contributed by atoms with Crippen LogP contribution in [0.4, 0.5) is 0 Å². The SMILES string of the molecule is N#Cc1cccc2c1c1cccnc1n2-c1ccc(-c2ccc3c(-c4c5ccccc5cc5ccccc45)c4ccccc4c(-c4c5ccccc5cc5ccccc45)c3c2)nc1. The molecule has 0 atom stereocenters. The molecule has 4 heteroatoms. The first-order valence-electron chi connectivity index (χ1n) is 21.3. The normalized spacial score (nSPS) is 11.8. The molecule has 13 aromatic rings. The van der Waals surface area contributed by atoms with Crippen LogP contribution in [-0.4, -0.2) is 14.5 Å². The molecule has 0 fully saturated rings. The predicted octanol–water partition coefficient (Wildman–Crippen LogP) is 15.4. The molecule has 0 aliphatic rings. The monoisotopic (exact) mass is 798 g/mol. The third kappa shape index (κ3) is 5.21. The van der Waals surface area contributed by atoms with E-state index in [1.807, 2.05) is 30.5 Å². The van der Waals surface area contributed by atoms with Gasteiger partial charge in [-0.05, 0) is 141 Å². The summed E-state index contributed by atoms with van der Waals surface area (Å²) in [4.78, 5) is 9.97. The second-order valence-electron chi connectivity index (χ2n) is 16.4. The molecule has 0 N–H and O–H groups in total. The molecule has 3 heterocycles. The molecule has 13 rings (SSSR count). The van der Waals surface area contributed by atoms with Gasteiger partial charge in [0, 0.05) is 22.5 Å². The van der Waals surface area contributed by atoms with Gasteiger partial charge in [0.1, 0.15) is 5.65 Å². The van der Waals surface area contributed by atoms with Crippen LogP contribution in [0.2, 0.25) is 0 Å². The van der Waals surface area contributed by atoms with Crippen molar-refractivity contribution in [1.82, 2.24) is 14.5 Å². The second kappa shape index (κ2) is 13.7. The Morgan fingerprint density at radius 3 is 1.46 bits per heavy atom. The lowest BCUT2D eigenvalue weighted by molar-refractivity contribution is 1.11. The lowest BCUT2D eigenvalue weighted by atomic mass is 9.80. The minimum absolute atomic E-state index is 0.628. The molecule has 63 heavy (non-hydrogen) atoms.